The summed E-state index contributed by atoms with van der Waals surface area (Å²) in [6.07, 6.45) is -0.398. The molecule has 1 spiro atoms. The van der Waals surface area contributed by atoms with Gasteiger partial charge in [-0.25, -0.2) is 8.78 Å². The molecule has 4 nitrogen and oxygen atoms in total. The number of likely N-dealkylation sites (tertiary alicyclic amines) is 1. The number of carboxylic acids is 1. The SMILES string of the molecule is CC(F)(c1ccc2c(c1)CC[C@@H]1N(C(=O)C3CC4(CC(C(=O)O)C4)C3)CC[C@]21Cc1ccc(F)cc1)C(F)(F)F. The van der Waals surface area contributed by atoms with Crippen LogP contribution in [0.5, 0.6) is 0 Å². The number of amides is 1. The molecule has 214 valence electrons. The van der Waals surface area contributed by atoms with Gasteiger partial charge in [-0.1, -0.05) is 30.3 Å². The minimum Gasteiger partial charge on any atom is -0.481 e. The van der Waals surface area contributed by atoms with Gasteiger partial charge in [0.25, 0.3) is 0 Å². The first kappa shape index (κ1) is 27.2. The van der Waals surface area contributed by atoms with Crippen LogP contribution in [0.2, 0.25) is 0 Å². The molecule has 0 radical (unpaired) electrons. The fourth-order valence-corrected chi connectivity index (χ4v) is 8.14. The first-order valence-corrected chi connectivity index (χ1v) is 13.9. The smallest absolute Gasteiger partial charge is 0.426 e. The average molecular weight is 562 g/mol. The Hall–Kier alpha value is -2.97. The number of alkyl halides is 4. The number of halogens is 5. The molecule has 1 N–H and O–H groups in total. The summed E-state index contributed by atoms with van der Waals surface area (Å²) in [6.45, 7) is 1.04. The van der Waals surface area contributed by atoms with Gasteiger partial charge >= 0.3 is 12.1 Å². The van der Waals surface area contributed by atoms with Crippen LogP contribution in [-0.2, 0) is 33.5 Å². The Kier molecular flexibility index (Phi) is 6.13. The van der Waals surface area contributed by atoms with Gasteiger partial charge in [0.15, 0.2) is 0 Å². The van der Waals surface area contributed by atoms with Gasteiger partial charge in [0.2, 0.25) is 11.6 Å². The zero-order valence-corrected chi connectivity index (χ0v) is 22.2. The van der Waals surface area contributed by atoms with E-state index in [-0.39, 0.29) is 35.0 Å². The van der Waals surface area contributed by atoms with Crippen LogP contribution in [-0.4, -0.2) is 40.6 Å². The predicted molar refractivity (Wildman–Crippen MR) is 137 cm³/mol. The highest BCUT2D eigenvalue weighted by molar-refractivity contribution is 5.82. The normalized spacial score (nSPS) is 32.5. The van der Waals surface area contributed by atoms with Crippen molar-refractivity contribution in [1.82, 2.24) is 4.90 Å². The topological polar surface area (TPSA) is 57.6 Å². The molecule has 0 aromatic heterocycles. The van der Waals surface area contributed by atoms with Crippen LogP contribution in [0.15, 0.2) is 42.5 Å². The number of rotatable bonds is 5. The quantitative estimate of drug-likeness (QED) is 0.425. The van der Waals surface area contributed by atoms with Gasteiger partial charge in [0.05, 0.1) is 5.92 Å². The second kappa shape index (κ2) is 9.02. The van der Waals surface area contributed by atoms with E-state index in [0.29, 0.717) is 70.4 Å². The van der Waals surface area contributed by atoms with Crippen LogP contribution < -0.4 is 0 Å². The lowest BCUT2D eigenvalue weighted by atomic mass is 9.48. The van der Waals surface area contributed by atoms with Crippen molar-refractivity contribution >= 4 is 11.9 Å². The monoisotopic (exact) mass is 561 g/mol. The van der Waals surface area contributed by atoms with Crippen molar-refractivity contribution in [2.75, 3.05) is 6.54 Å². The summed E-state index contributed by atoms with van der Waals surface area (Å²) in [6, 6.07) is 10.1. The standard InChI is InChI=1S/C31H32F5NO3/c1-28(33,31(34,35)36)22-5-8-24-19(12-22)4-9-25-30(24,13-18-2-6-23(32)7-3-18)10-11-37(25)26(38)20-14-29(15-20)16-21(17-29)27(39)40/h2-3,5-8,12,20-21,25H,4,9-11,13-17H2,1H3,(H,39,40)/t20?,21?,25-,28?,29?,30-/m0/s1. The highest BCUT2D eigenvalue weighted by Gasteiger charge is 2.60. The van der Waals surface area contributed by atoms with E-state index < -0.39 is 28.8 Å². The van der Waals surface area contributed by atoms with Crippen molar-refractivity contribution in [3.8, 4) is 0 Å². The van der Waals surface area contributed by atoms with Gasteiger partial charge in [0, 0.05) is 23.9 Å². The van der Waals surface area contributed by atoms with E-state index in [1.807, 2.05) is 4.90 Å². The summed E-state index contributed by atoms with van der Waals surface area (Å²) < 4.78 is 69.0. The third-order valence-electron chi connectivity index (χ3n) is 10.3. The molecule has 1 heterocycles. The molecule has 1 unspecified atom stereocenters. The molecule has 3 fully saturated rings. The van der Waals surface area contributed by atoms with Gasteiger partial charge in [-0.2, -0.15) is 13.2 Å². The summed E-state index contributed by atoms with van der Waals surface area (Å²) >= 11 is 0. The summed E-state index contributed by atoms with van der Waals surface area (Å²) in [5, 5.41) is 9.24. The maximum Gasteiger partial charge on any atom is 0.426 e. The molecule has 1 amide bonds. The van der Waals surface area contributed by atoms with Crippen LogP contribution in [0, 0.1) is 23.1 Å². The molecule has 9 heteroatoms. The van der Waals surface area contributed by atoms with Gasteiger partial charge in [-0.15, -0.1) is 0 Å². The first-order chi connectivity index (χ1) is 18.7. The van der Waals surface area contributed by atoms with E-state index in [9.17, 15) is 36.6 Å². The van der Waals surface area contributed by atoms with Crippen LogP contribution >= 0.6 is 0 Å². The Balaban J connectivity index is 1.30. The van der Waals surface area contributed by atoms with E-state index in [1.54, 1.807) is 18.2 Å². The number of carboxylic acid groups (broad SMARTS) is 1. The maximum atomic E-state index is 14.9. The molecule has 1 aliphatic heterocycles. The summed E-state index contributed by atoms with van der Waals surface area (Å²) in [5.41, 5.74) is -2.19. The van der Waals surface area contributed by atoms with E-state index in [4.69, 9.17) is 0 Å². The van der Waals surface area contributed by atoms with Crippen molar-refractivity contribution in [2.24, 2.45) is 17.3 Å². The lowest BCUT2D eigenvalue weighted by Crippen LogP contribution is -2.56. The number of carbonyl (C=O) groups is 2. The van der Waals surface area contributed by atoms with Crippen molar-refractivity contribution < 1.29 is 36.6 Å². The zero-order valence-electron chi connectivity index (χ0n) is 22.2. The molecule has 6 rings (SSSR count). The number of nitrogens with zero attached hydrogens (tertiary/aromatic N) is 1. The number of benzene rings is 2. The van der Waals surface area contributed by atoms with Gasteiger partial charge in [-0.3, -0.25) is 9.59 Å². The molecule has 1 saturated heterocycles. The van der Waals surface area contributed by atoms with Crippen molar-refractivity contribution in [3.05, 3.63) is 70.5 Å². The molecule has 2 aromatic carbocycles. The number of hydrogen-bond donors (Lipinski definition) is 1. The van der Waals surface area contributed by atoms with Crippen LogP contribution in [0.1, 0.15) is 67.7 Å². The Morgan fingerprint density at radius 3 is 2.27 bits per heavy atom. The van der Waals surface area contributed by atoms with E-state index >= 15 is 0 Å². The minimum absolute atomic E-state index is 0.0403. The molecule has 3 atom stereocenters. The third kappa shape index (κ3) is 4.14. The molecular formula is C31H32F5NO3. The van der Waals surface area contributed by atoms with Gasteiger partial charge < -0.3 is 10.0 Å². The molecule has 2 aromatic rings. The van der Waals surface area contributed by atoms with Crippen molar-refractivity contribution in [3.63, 3.8) is 0 Å². The van der Waals surface area contributed by atoms with Crippen molar-refractivity contribution in [1.29, 1.82) is 0 Å². The number of hydrogen-bond acceptors (Lipinski definition) is 2. The largest absolute Gasteiger partial charge is 0.481 e. The summed E-state index contributed by atoms with van der Waals surface area (Å²) in [7, 11) is 0. The minimum atomic E-state index is -5.05. The Morgan fingerprint density at radius 2 is 1.65 bits per heavy atom. The second-order valence-electron chi connectivity index (χ2n) is 12.7. The lowest BCUT2D eigenvalue weighted by Gasteiger charge is -2.57. The molecule has 0 bridgehead atoms. The zero-order chi connectivity index (χ0) is 28.7. The third-order valence-corrected chi connectivity index (χ3v) is 10.3. The van der Waals surface area contributed by atoms with Crippen LogP contribution in [0.4, 0.5) is 22.0 Å². The lowest BCUT2D eigenvalue weighted by molar-refractivity contribution is -0.228. The molecule has 40 heavy (non-hydrogen) atoms. The summed E-state index contributed by atoms with van der Waals surface area (Å²) in [5.74, 6) is -1.57. The van der Waals surface area contributed by atoms with E-state index in [1.165, 1.54) is 24.3 Å². The first-order valence-electron chi connectivity index (χ1n) is 13.9. The Bertz CT molecular complexity index is 1340. The number of aryl methyl sites for hydroxylation is 1. The molecule has 3 aliphatic carbocycles. The number of carbonyl (C=O) groups excluding carboxylic acids is 1. The summed E-state index contributed by atoms with van der Waals surface area (Å²) in [4.78, 5) is 26.9. The number of fused-ring (bicyclic) bond motifs is 3. The molecule has 4 aliphatic rings. The van der Waals surface area contributed by atoms with Crippen LogP contribution in [0.3, 0.4) is 0 Å². The fraction of sp³-hybridized carbons (Fsp3) is 0.548. The highest BCUT2D eigenvalue weighted by Crippen LogP contribution is 2.62. The Labute approximate surface area is 229 Å². The van der Waals surface area contributed by atoms with E-state index in [0.717, 1.165) is 11.1 Å². The van der Waals surface area contributed by atoms with Crippen molar-refractivity contribution in [2.45, 2.75) is 81.6 Å². The molecular weight excluding hydrogens is 529 g/mol. The highest BCUT2D eigenvalue weighted by atomic mass is 19.4. The Morgan fingerprint density at radius 1 is 1.00 bits per heavy atom. The van der Waals surface area contributed by atoms with Crippen LogP contribution in [0.25, 0.3) is 0 Å². The van der Waals surface area contributed by atoms with Gasteiger partial charge in [-0.05, 0) is 98.1 Å². The predicted octanol–water partition coefficient (Wildman–Crippen LogP) is 6.49. The average Bonchev–Trinajstić information content (AvgIpc) is 3.21. The van der Waals surface area contributed by atoms with E-state index in [2.05, 4.69) is 0 Å². The van der Waals surface area contributed by atoms with Gasteiger partial charge in [0.1, 0.15) is 5.82 Å². The fourth-order valence-electron chi connectivity index (χ4n) is 8.14. The maximum absolute atomic E-state index is 14.9. The number of aliphatic carboxylic acids is 1. The second-order valence-corrected chi connectivity index (χ2v) is 12.7. The molecule has 2 saturated carbocycles.